The number of hydrogen-bond acceptors (Lipinski definition) is 7. The molecule has 0 spiro atoms. The normalized spacial score (nSPS) is 12.7. The average Bonchev–Trinajstić information content (AvgIpc) is 2.71. The summed E-state index contributed by atoms with van der Waals surface area (Å²) >= 11 is 0. The standard InChI is InChI=1S/C21H25NO7/c1-13(24)14-4-7-16(8-5-14)22-21(26)29-20(19(28-3)10-11-23)15-6-9-18(27-2)17(25)12-15/h4-9,12,19-20,23,25H,10-11H2,1-3H3,(H,22,26)/t19-,20-/m1/s1. The van der Waals surface area contributed by atoms with Gasteiger partial charge < -0.3 is 24.4 Å². The molecule has 8 nitrogen and oxygen atoms in total. The number of aliphatic hydroxyl groups is 1. The molecule has 0 radical (unpaired) electrons. The number of hydrogen-bond donors (Lipinski definition) is 3. The Labute approximate surface area is 169 Å². The van der Waals surface area contributed by atoms with Crippen LogP contribution in [0, 0.1) is 0 Å². The average molecular weight is 403 g/mol. The number of benzene rings is 2. The van der Waals surface area contributed by atoms with Crippen LogP contribution in [0.25, 0.3) is 0 Å². The molecule has 2 aromatic carbocycles. The molecule has 0 heterocycles. The Balaban J connectivity index is 2.21. The Kier molecular flexibility index (Phi) is 7.99. The zero-order chi connectivity index (χ0) is 21.4. The van der Waals surface area contributed by atoms with Gasteiger partial charge in [-0.2, -0.15) is 0 Å². The molecule has 0 unspecified atom stereocenters. The summed E-state index contributed by atoms with van der Waals surface area (Å²) in [6.07, 6.45) is -2.06. The van der Waals surface area contributed by atoms with Gasteiger partial charge in [-0.3, -0.25) is 10.1 Å². The van der Waals surface area contributed by atoms with Gasteiger partial charge in [0.25, 0.3) is 0 Å². The van der Waals surface area contributed by atoms with Crippen LogP contribution >= 0.6 is 0 Å². The quantitative estimate of drug-likeness (QED) is 0.551. The highest BCUT2D eigenvalue weighted by atomic mass is 16.6. The first-order valence-corrected chi connectivity index (χ1v) is 8.98. The number of aromatic hydroxyl groups is 1. The third-order valence-corrected chi connectivity index (χ3v) is 4.36. The summed E-state index contributed by atoms with van der Waals surface area (Å²) in [5.74, 6) is 0.0850. The van der Waals surface area contributed by atoms with Gasteiger partial charge in [-0.15, -0.1) is 0 Å². The number of ketones is 1. The maximum absolute atomic E-state index is 12.4. The summed E-state index contributed by atoms with van der Waals surface area (Å²) in [6, 6.07) is 11.0. The van der Waals surface area contributed by atoms with Gasteiger partial charge in [0.15, 0.2) is 23.4 Å². The molecule has 0 aliphatic rings. The molecule has 29 heavy (non-hydrogen) atoms. The van der Waals surface area contributed by atoms with Gasteiger partial charge in [-0.25, -0.2) is 4.79 Å². The van der Waals surface area contributed by atoms with Crippen LogP contribution in [-0.2, 0) is 9.47 Å². The molecule has 156 valence electrons. The van der Waals surface area contributed by atoms with Gasteiger partial charge in [0.05, 0.1) is 7.11 Å². The maximum atomic E-state index is 12.4. The maximum Gasteiger partial charge on any atom is 0.412 e. The largest absolute Gasteiger partial charge is 0.504 e. The fourth-order valence-electron chi connectivity index (χ4n) is 2.81. The first-order valence-electron chi connectivity index (χ1n) is 8.98. The van der Waals surface area contributed by atoms with Crippen molar-refractivity contribution in [3.63, 3.8) is 0 Å². The van der Waals surface area contributed by atoms with Crippen molar-refractivity contribution in [1.29, 1.82) is 0 Å². The number of carbonyl (C=O) groups excluding carboxylic acids is 2. The van der Waals surface area contributed by atoms with Gasteiger partial charge >= 0.3 is 6.09 Å². The van der Waals surface area contributed by atoms with Gasteiger partial charge in [0, 0.05) is 31.4 Å². The number of nitrogens with one attached hydrogen (secondary N) is 1. The number of rotatable bonds is 9. The lowest BCUT2D eigenvalue weighted by molar-refractivity contribution is -0.0306. The minimum Gasteiger partial charge on any atom is -0.504 e. The highest BCUT2D eigenvalue weighted by molar-refractivity contribution is 5.95. The molecule has 8 heteroatoms. The van der Waals surface area contributed by atoms with Crippen molar-refractivity contribution in [3.8, 4) is 11.5 Å². The lowest BCUT2D eigenvalue weighted by atomic mass is 10.0. The van der Waals surface area contributed by atoms with Crippen LogP contribution in [0.15, 0.2) is 42.5 Å². The van der Waals surface area contributed by atoms with Crippen molar-refractivity contribution in [2.24, 2.45) is 0 Å². The molecule has 2 atom stereocenters. The number of ether oxygens (including phenoxy) is 3. The number of carbonyl (C=O) groups is 2. The van der Waals surface area contributed by atoms with Crippen LogP contribution in [0.2, 0.25) is 0 Å². The van der Waals surface area contributed by atoms with Crippen molar-refractivity contribution < 1.29 is 34.0 Å². The monoisotopic (exact) mass is 403 g/mol. The van der Waals surface area contributed by atoms with Crippen LogP contribution in [0.3, 0.4) is 0 Å². The fraction of sp³-hybridized carbons (Fsp3) is 0.333. The highest BCUT2D eigenvalue weighted by Gasteiger charge is 2.28. The molecular weight excluding hydrogens is 378 g/mol. The zero-order valence-corrected chi connectivity index (χ0v) is 16.5. The van der Waals surface area contributed by atoms with E-state index >= 15 is 0 Å². The Morgan fingerprint density at radius 1 is 1.10 bits per heavy atom. The molecule has 3 N–H and O–H groups in total. The smallest absolute Gasteiger partial charge is 0.412 e. The van der Waals surface area contributed by atoms with Crippen molar-refractivity contribution in [2.45, 2.75) is 25.6 Å². The Hall–Kier alpha value is -3.10. The molecule has 2 rings (SSSR count). The first-order chi connectivity index (χ1) is 13.9. The predicted octanol–water partition coefficient (Wildman–Crippen LogP) is 3.29. The van der Waals surface area contributed by atoms with E-state index in [0.29, 0.717) is 16.8 Å². The van der Waals surface area contributed by atoms with Crippen molar-refractivity contribution in [1.82, 2.24) is 0 Å². The first kappa shape index (κ1) is 22.2. The van der Waals surface area contributed by atoms with E-state index in [2.05, 4.69) is 5.32 Å². The van der Waals surface area contributed by atoms with Crippen LogP contribution < -0.4 is 10.1 Å². The molecule has 0 aromatic heterocycles. The van der Waals surface area contributed by atoms with Gasteiger partial charge in [0.1, 0.15) is 6.10 Å². The lowest BCUT2D eigenvalue weighted by Gasteiger charge is -2.26. The topological polar surface area (TPSA) is 114 Å². The van der Waals surface area contributed by atoms with Crippen LogP contribution in [0.1, 0.15) is 35.4 Å². The molecule has 0 bridgehead atoms. The molecule has 0 saturated carbocycles. The van der Waals surface area contributed by atoms with E-state index in [1.807, 2.05) is 0 Å². The van der Waals surface area contributed by atoms with Gasteiger partial charge in [0.2, 0.25) is 0 Å². The fourth-order valence-corrected chi connectivity index (χ4v) is 2.81. The lowest BCUT2D eigenvalue weighted by Crippen LogP contribution is -2.28. The summed E-state index contributed by atoms with van der Waals surface area (Å²) in [5, 5.41) is 22.0. The minimum atomic E-state index is -0.888. The summed E-state index contributed by atoms with van der Waals surface area (Å²) < 4.78 is 16.0. The Morgan fingerprint density at radius 2 is 1.79 bits per heavy atom. The number of phenols is 1. The summed E-state index contributed by atoms with van der Waals surface area (Å²) in [6.45, 7) is 1.28. The molecule has 2 aromatic rings. The van der Waals surface area contributed by atoms with E-state index in [4.69, 9.17) is 14.2 Å². The van der Waals surface area contributed by atoms with E-state index in [0.717, 1.165) is 0 Å². The SMILES string of the molecule is COc1ccc([C@@H](OC(=O)Nc2ccc(C(C)=O)cc2)[C@@H](CCO)OC)cc1O. The minimum absolute atomic E-state index is 0.0783. The number of amides is 1. The number of methoxy groups -OCH3 is 2. The molecule has 0 aliphatic heterocycles. The van der Waals surface area contributed by atoms with E-state index in [1.165, 1.54) is 27.2 Å². The predicted molar refractivity (Wildman–Crippen MR) is 106 cm³/mol. The molecule has 0 aliphatic carbocycles. The third kappa shape index (κ3) is 5.94. The summed E-state index contributed by atoms with van der Waals surface area (Å²) in [4.78, 5) is 23.8. The number of phenolic OH excluding ortho intramolecular Hbond substituents is 1. The van der Waals surface area contributed by atoms with Crippen LogP contribution in [0.5, 0.6) is 11.5 Å². The second-order valence-corrected chi connectivity index (χ2v) is 6.30. The third-order valence-electron chi connectivity index (χ3n) is 4.36. The number of anilines is 1. The van der Waals surface area contributed by atoms with Crippen molar-refractivity contribution in [2.75, 3.05) is 26.1 Å². The van der Waals surface area contributed by atoms with E-state index in [9.17, 15) is 19.8 Å². The van der Waals surface area contributed by atoms with E-state index in [-0.39, 0.29) is 30.3 Å². The van der Waals surface area contributed by atoms with Gasteiger partial charge in [-0.1, -0.05) is 6.07 Å². The zero-order valence-electron chi connectivity index (χ0n) is 16.5. The molecular formula is C21H25NO7. The summed E-state index contributed by atoms with van der Waals surface area (Å²) in [5.41, 5.74) is 1.45. The van der Waals surface area contributed by atoms with Crippen LogP contribution in [0.4, 0.5) is 10.5 Å². The molecule has 0 fully saturated rings. The molecule has 1 amide bonds. The van der Waals surface area contributed by atoms with Crippen molar-refractivity contribution >= 4 is 17.6 Å². The summed E-state index contributed by atoms with van der Waals surface area (Å²) in [7, 11) is 2.87. The van der Waals surface area contributed by atoms with E-state index in [1.54, 1.807) is 36.4 Å². The highest BCUT2D eigenvalue weighted by Crippen LogP contribution is 2.33. The Morgan fingerprint density at radius 3 is 2.31 bits per heavy atom. The van der Waals surface area contributed by atoms with Crippen molar-refractivity contribution in [3.05, 3.63) is 53.6 Å². The van der Waals surface area contributed by atoms with E-state index < -0.39 is 18.3 Å². The van der Waals surface area contributed by atoms with Gasteiger partial charge in [-0.05, 0) is 48.9 Å². The molecule has 0 saturated heterocycles. The second kappa shape index (κ2) is 10.4. The Bertz CT molecular complexity index is 835. The second-order valence-electron chi connectivity index (χ2n) is 6.30. The number of aliphatic hydroxyl groups excluding tert-OH is 1. The number of Topliss-reactive ketones (excluding diaryl/α,β-unsaturated/α-hetero) is 1. The van der Waals surface area contributed by atoms with Crippen LogP contribution in [-0.4, -0.2) is 49.0 Å².